The number of nitrogens with one attached hydrogen (secondary N) is 1. The Bertz CT molecular complexity index is 740. The molecule has 0 heterocycles. The standard InChI is InChI=1S/C25H32F2N2O/c26-21-12-8-19(9-13-21)23(20-10-14-22(27)15-11-20)7-4-16-29-25(30)24(28)17-18-5-2-1-3-6-18/h8-15,18,23-24H,1-7,16-17,28H2,(H,29,30)/t24-/m0/s1. The van der Waals surface area contributed by atoms with Gasteiger partial charge in [-0.3, -0.25) is 4.79 Å². The van der Waals surface area contributed by atoms with Crippen LogP contribution in [0, 0.1) is 17.6 Å². The molecule has 1 atom stereocenters. The van der Waals surface area contributed by atoms with Gasteiger partial charge >= 0.3 is 0 Å². The first-order chi connectivity index (χ1) is 14.5. The predicted octanol–water partition coefficient (Wildman–Crippen LogP) is 5.29. The Hall–Kier alpha value is -2.27. The molecule has 3 nitrogen and oxygen atoms in total. The van der Waals surface area contributed by atoms with Gasteiger partial charge in [0.1, 0.15) is 11.6 Å². The fourth-order valence-electron chi connectivity index (χ4n) is 4.45. The van der Waals surface area contributed by atoms with Crippen molar-refractivity contribution in [3.05, 3.63) is 71.3 Å². The molecule has 3 N–H and O–H groups in total. The lowest BCUT2D eigenvalue weighted by Gasteiger charge is -2.24. The van der Waals surface area contributed by atoms with Crippen LogP contribution in [0.5, 0.6) is 0 Å². The largest absolute Gasteiger partial charge is 0.355 e. The first-order valence-corrected chi connectivity index (χ1v) is 11.1. The molecule has 3 rings (SSSR count). The second-order valence-corrected chi connectivity index (χ2v) is 8.44. The minimum absolute atomic E-state index is 0.0130. The van der Waals surface area contributed by atoms with E-state index in [1.54, 1.807) is 24.3 Å². The van der Waals surface area contributed by atoms with E-state index in [0.717, 1.165) is 30.4 Å². The van der Waals surface area contributed by atoms with Gasteiger partial charge in [0, 0.05) is 12.5 Å². The van der Waals surface area contributed by atoms with Crippen LogP contribution in [0.1, 0.15) is 68.4 Å². The molecule has 30 heavy (non-hydrogen) atoms. The summed E-state index contributed by atoms with van der Waals surface area (Å²) >= 11 is 0. The van der Waals surface area contributed by atoms with Crippen LogP contribution in [-0.4, -0.2) is 18.5 Å². The molecule has 1 aliphatic carbocycles. The summed E-state index contributed by atoms with van der Waals surface area (Å²) in [6.45, 7) is 0.538. The highest BCUT2D eigenvalue weighted by molar-refractivity contribution is 5.81. The van der Waals surface area contributed by atoms with E-state index in [2.05, 4.69) is 5.32 Å². The Kier molecular flexibility index (Phi) is 8.38. The summed E-state index contributed by atoms with van der Waals surface area (Å²) in [5, 5.41) is 2.96. The third kappa shape index (κ3) is 6.63. The highest BCUT2D eigenvalue weighted by atomic mass is 19.1. The Morgan fingerprint density at radius 2 is 1.47 bits per heavy atom. The van der Waals surface area contributed by atoms with Crippen molar-refractivity contribution in [3.63, 3.8) is 0 Å². The van der Waals surface area contributed by atoms with E-state index < -0.39 is 6.04 Å². The lowest BCUT2D eigenvalue weighted by molar-refractivity contribution is -0.122. The van der Waals surface area contributed by atoms with Gasteiger partial charge < -0.3 is 11.1 Å². The third-order valence-corrected chi connectivity index (χ3v) is 6.16. The van der Waals surface area contributed by atoms with Gasteiger partial charge in [-0.25, -0.2) is 8.78 Å². The summed E-state index contributed by atoms with van der Waals surface area (Å²) in [5.41, 5.74) is 8.07. The zero-order valence-corrected chi connectivity index (χ0v) is 17.5. The topological polar surface area (TPSA) is 55.1 Å². The number of benzene rings is 2. The maximum Gasteiger partial charge on any atom is 0.236 e. The number of carbonyl (C=O) groups excluding carboxylic acids is 1. The van der Waals surface area contributed by atoms with E-state index in [0.29, 0.717) is 12.5 Å². The van der Waals surface area contributed by atoms with E-state index in [1.807, 2.05) is 0 Å². The average molecular weight is 415 g/mol. The molecule has 0 radical (unpaired) electrons. The summed E-state index contributed by atoms with van der Waals surface area (Å²) in [5.74, 6) is -0.0628. The normalized spacial score (nSPS) is 15.9. The molecule has 1 aliphatic rings. The van der Waals surface area contributed by atoms with Gasteiger partial charge in [0.05, 0.1) is 6.04 Å². The smallest absolute Gasteiger partial charge is 0.236 e. The van der Waals surface area contributed by atoms with Crippen LogP contribution >= 0.6 is 0 Å². The summed E-state index contributed by atoms with van der Waals surface area (Å²) in [4.78, 5) is 12.4. The van der Waals surface area contributed by atoms with Crippen molar-refractivity contribution in [2.75, 3.05) is 6.54 Å². The van der Waals surface area contributed by atoms with E-state index in [9.17, 15) is 13.6 Å². The quantitative estimate of drug-likeness (QED) is 0.548. The summed E-state index contributed by atoms with van der Waals surface area (Å²) in [6, 6.07) is 12.4. The minimum Gasteiger partial charge on any atom is -0.355 e. The van der Waals surface area contributed by atoms with Crippen LogP contribution in [0.15, 0.2) is 48.5 Å². The molecular formula is C25H32F2N2O. The molecule has 2 aromatic carbocycles. The van der Waals surface area contributed by atoms with Crippen molar-refractivity contribution in [1.29, 1.82) is 0 Å². The van der Waals surface area contributed by atoms with Crippen LogP contribution in [0.25, 0.3) is 0 Å². The molecule has 0 aliphatic heterocycles. The number of rotatable bonds is 9. The van der Waals surface area contributed by atoms with Gasteiger partial charge in [0.2, 0.25) is 5.91 Å². The SMILES string of the molecule is N[C@@H](CC1CCCCC1)C(=O)NCCCC(c1ccc(F)cc1)c1ccc(F)cc1. The number of amides is 1. The van der Waals surface area contributed by atoms with Crippen molar-refractivity contribution >= 4 is 5.91 Å². The zero-order chi connectivity index (χ0) is 21.3. The lowest BCUT2D eigenvalue weighted by Crippen LogP contribution is -2.42. The molecule has 1 amide bonds. The van der Waals surface area contributed by atoms with E-state index in [1.165, 1.54) is 56.4 Å². The molecule has 0 aromatic heterocycles. The lowest BCUT2D eigenvalue weighted by atomic mass is 9.85. The Morgan fingerprint density at radius 3 is 2.00 bits per heavy atom. The van der Waals surface area contributed by atoms with Crippen molar-refractivity contribution in [2.45, 2.75) is 63.3 Å². The average Bonchev–Trinajstić information content (AvgIpc) is 2.76. The van der Waals surface area contributed by atoms with Crippen LogP contribution in [0.4, 0.5) is 8.78 Å². The van der Waals surface area contributed by atoms with Crippen LogP contribution in [-0.2, 0) is 4.79 Å². The van der Waals surface area contributed by atoms with Crippen LogP contribution in [0.3, 0.4) is 0 Å². The molecule has 0 saturated heterocycles. The minimum atomic E-state index is -0.446. The van der Waals surface area contributed by atoms with E-state index >= 15 is 0 Å². The van der Waals surface area contributed by atoms with Gasteiger partial charge in [-0.1, -0.05) is 56.4 Å². The van der Waals surface area contributed by atoms with Crippen LogP contribution in [0.2, 0.25) is 0 Å². The second-order valence-electron chi connectivity index (χ2n) is 8.44. The fourth-order valence-corrected chi connectivity index (χ4v) is 4.45. The number of hydrogen-bond donors (Lipinski definition) is 2. The summed E-state index contributed by atoms with van der Waals surface area (Å²) in [6.07, 6.45) is 8.41. The fraction of sp³-hybridized carbons (Fsp3) is 0.480. The zero-order valence-electron chi connectivity index (χ0n) is 17.5. The molecule has 0 bridgehead atoms. The second kappa shape index (κ2) is 11.2. The number of nitrogens with two attached hydrogens (primary N) is 1. The first-order valence-electron chi connectivity index (χ1n) is 11.1. The number of hydrogen-bond acceptors (Lipinski definition) is 2. The van der Waals surface area contributed by atoms with Crippen molar-refractivity contribution in [1.82, 2.24) is 5.32 Å². The summed E-state index contributed by atoms with van der Waals surface area (Å²) < 4.78 is 26.7. The first kappa shape index (κ1) is 22.4. The molecular weight excluding hydrogens is 382 g/mol. The Balaban J connectivity index is 1.52. The van der Waals surface area contributed by atoms with Gasteiger partial charge in [-0.15, -0.1) is 0 Å². The van der Waals surface area contributed by atoms with Gasteiger partial charge in [-0.2, -0.15) is 0 Å². The van der Waals surface area contributed by atoms with E-state index in [4.69, 9.17) is 5.73 Å². The molecule has 0 unspecified atom stereocenters. The molecule has 162 valence electrons. The molecule has 0 spiro atoms. The predicted molar refractivity (Wildman–Crippen MR) is 116 cm³/mol. The van der Waals surface area contributed by atoms with Crippen molar-refractivity contribution in [3.8, 4) is 0 Å². The number of halogens is 2. The molecule has 1 saturated carbocycles. The van der Waals surface area contributed by atoms with Crippen molar-refractivity contribution in [2.24, 2.45) is 11.7 Å². The van der Waals surface area contributed by atoms with Gasteiger partial charge in [0.25, 0.3) is 0 Å². The van der Waals surface area contributed by atoms with E-state index in [-0.39, 0.29) is 23.5 Å². The van der Waals surface area contributed by atoms with Crippen LogP contribution < -0.4 is 11.1 Å². The maximum absolute atomic E-state index is 13.3. The maximum atomic E-state index is 13.3. The molecule has 1 fully saturated rings. The third-order valence-electron chi connectivity index (χ3n) is 6.16. The number of carbonyl (C=O) groups is 1. The monoisotopic (exact) mass is 414 g/mol. The molecule has 5 heteroatoms. The summed E-state index contributed by atoms with van der Waals surface area (Å²) in [7, 11) is 0. The Labute approximate surface area is 178 Å². The Morgan fingerprint density at radius 1 is 0.933 bits per heavy atom. The van der Waals surface area contributed by atoms with Crippen molar-refractivity contribution < 1.29 is 13.6 Å². The van der Waals surface area contributed by atoms with Gasteiger partial charge in [0.15, 0.2) is 0 Å². The highest BCUT2D eigenvalue weighted by Crippen LogP contribution is 2.30. The molecule has 2 aromatic rings. The highest BCUT2D eigenvalue weighted by Gasteiger charge is 2.21. The van der Waals surface area contributed by atoms with Gasteiger partial charge in [-0.05, 0) is 60.6 Å².